The third kappa shape index (κ3) is 4.27. The van der Waals surface area contributed by atoms with Gasteiger partial charge in [0.1, 0.15) is 16.8 Å². The second-order valence-corrected chi connectivity index (χ2v) is 14.0. The first-order chi connectivity index (χ1) is 26.3. The van der Waals surface area contributed by atoms with E-state index in [0.717, 1.165) is 33.8 Å². The van der Waals surface area contributed by atoms with Crippen molar-refractivity contribution in [3.05, 3.63) is 223 Å². The van der Waals surface area contributed by atoms with Crippen molar-refractivity contribution in [3.63, 3.8) is 0 Å². The molecule has 2 nitrogen and oxygen atoms in total. The number of nitrogens with zero attached hydrogens (tertiary/aromatic N) is 1. The second-order valence-electron chi connectivity index (χ2n) is 14.0. The lowest BCUT2D eigenvalue weighted by molar-refractivity contribution is 0.507. The highest BCUT2D eigenvalue weighted by molar-refractivity contribution is 6.09. The van der Waals surface area contributed by atoms with Crippen LogP contribution in [0.5, 0.6) is 0 Å². The summed E-state index contributed by atoms with van der Waals surface area (Å²) < 4.78 is 7.10. The summed E-state index contributed by atoms with van der Waals surface area (Å²) in [4.78, 5) is 2.43. The van der Waals surface area contributed by atoms with Crippen LogP contribution in [0, 0.1) is 0 Å². The Kier molecular flexibility index (Phi) is 6.50. The highest BCUT2D eigenvalue weighted by atomic mass is 16.3. The maximum Gasteiger partial charge on any atom is 0.135 e. The molecule has 0 bridgehead atoms. The number of hydrogen-bond acceptors (Lipinski definition) is 2. The van der Waals surface area contributed by atoms with Crippen molar-refractivity contribution in [2.45, 2.75) is 5.41 Å². The first kappa shape index (κ1) is 29.8. The molecule has 2 aliphatic rings. The van der Waals surface area contributed by atoms with Crippen LogP contribution in [0.2, 0.25) is 0 Å². The lowest BCUT2D eigenvalue weighted by atomic mass is 9.73. The average Bonchev–Trinajstić information content (AvgIpc) is 3.86. The van der Waals surface area contributed by atoms with Crippen LogP contribution in [0.15, 0.2) is 205 Å². The van der Waals surface area contributed by atoms with E-state index in [9.17, 15) is 0 Å². The van der Waals surface area contributed by atoms with Gasteiger partial charge in [-0.15, -0.1) is 0 Å². The van der Waals surface area contributed by atoms with Gasteiger partial charge >= 0.3 is 0 Å². The van der Waals surface area contributed by atoms with E-state index >= 15 is 0 Å². The Bertz CT molecular complexity index is 2680. The summed E-state index contributed by atoms with van der Waals surface area (Å²) in [7, 11) is 0. The number of para-hydroxylation sites is 1. The van der Waals surface area contributed by atoms with E-state index in [-0.39, 0.29) is 0 Å². The average molecular weight is 676 g/mol. The van der Waals surface area contributed by atoms with Crippen molar-refractivity contribution in [2.24, 2.45) is 0 Å². The molecule has 2 heteroatoms. The van der Waals surface area contributed by atoms with Crippen molar-refractivity contribution in [3.8, 4) is 44.5 Å². The van der Waals surface area contributed by atoms with Crippen molar-refractivity contribution in [1.82, 2.24) is 0 Å². The fourth-order valence-corrected chi connectivity index (χ4v) is 9.05. The quantitative estimate of drug-likeness (QED) is 0.181. The van der Waals surface area contributed by atoms with E-state index in [0.29, 0.717) is 0 Å². The summed E-state index contributed by atoms with van der Waals surface area (Å²) in [5, 5.41) is 1.13. The topological polar surface area (TPSA) is 16.4 Å². The number of rotatable bonds is 5. The number of fused-ring (bicyclic) bond motifs is 12. The molecule has 1 spiro atoms. The number of hydrogen-bond donors (Lipinski definition) is 0. The molecule has 8 aromatic carbocycles. The van der Waals surface area contributed by atoms with Gasteiger partial charge in [-0.1, -0.05) is 164 Å². The van der Waals surface area contributed by atoms with E-state index in [4.69, 9.17) is 4.42 Å². The minimum atomic E-state index is -0.590. The lowest BCUT2D eigenvalue weighted by Gasteiger charge is -2.31. The zero-order valence-electron chi connectivity index (χ0n) is 28.9. The van der Waals surface area contributed by atoms with Gasteiger partial charge in [0.25, 0.3) is 0 Å². The summed E-state index contributed by atoms with van der Waals surface area (Å²) >= 11 is 0. The van der Waals surface area contributed by atoms with E-state index in [1.54, 1.807) is 0 Å². The maximum absolute atomic E-state index is 7.10. The molecule has 0 N–H and O–H groups in total. The molecule has 0 unspecified atom stereocenters. The molecular weight excluding hydrogens is 643 g/mol. The van der Waals surface area contributed by atoms with Crippen molar-refractivity contribution < 1.29 is 4.42 Å². The fourth-order valence-electron chi connectivity index (χ4n) is 9.05. The van der Waals surface area contributed by atoms with Crippen LogP contribution in [0.25, 0.3) is 55.5 Å². The molecule has 0 radical (unpaired) electrons. The van der Waals surface area contributed by atoms with Crippen LogP contribution in [0.3, 0.4) is 0 Å². The Morgan fingerprint density at radius 3 is 1.42 bits per heavy atom. The minimum Gasteiger partial charge on any atom is -0.459 e. The highest BCUT2D eigenvalue weighted by Crippen LogP contribution is 2.66. The molecule has 248 valence electrons. The molecule has 0 atom stereocenters. The van der Waals surface area contributed by atoms with E-state index in [1.165, 1.54) is 61.2 Å². The van der Waals surface area contributed by atoms with Crippen molar-refractivity contribution in [2.75, 3.05) is 4.90 Å². The standard InChI is InChI=1S/C51H33NO/c1-3-14-34(15-4-1)36-26-30-38(31-27-36)52(39-32-28-37(29-33-39)35-16-5-2-6-17-35)46-24-13-23-45-49(46)48-42-20-9-12-25-47(42)53-50(48)51(45)43-21-10-7-18-40(43)41-19-8-11-22-44(41)51/h1-33H. The second kappa shape index (κ2) is 11.6. The van der Waals surface area contributed by atoms with E-state index in [1.807, 2.05) is 0 Å². The summed E-state index contributed by atoms with van der Waals surface area (Å²) in [6, 6.07) is 72.3. The summed E-state index contributed by atoms with van der Waals surface area (Å²) in [6.07, 6.45) is 0. The maximum atomic E-state index is 7.10. The summed E-state index contributed by atoms with van der Waals surface area (Å²) in [6.45, 7) is 0. The molecule has 1 heterocycles. The molecule has 2 aliphatic carbocycles. The van der Waals surface area contributed by atoms with Crippen LogP contribution < -0.4 is 4.90 Å². The number of benzene rings is 8. The number of anilines is 3. The van der Waals surface area contributed by atoms with Gasteiger partial charge in [0.2, 0.25) is 0 Å². The van der Waals surface area contributed by atoms with Gasteiger partial charge in [-0.3, -0.25) is 0 Å². The zero-order chi connectivity index (χ0) is 34.9. The lowest BCUT2D eigenvalue weighted by Crippen LogP contribution is -2.25. The van der Waals surface area contributed by atoms with E-state index in [2.05, 4.69) is 205 Å². The third-order valence-electron chi connectivity index (χ3n) is 11.3. The predicted molar refractivity (Wildman–Crippen MR) is 218 cm³/mol. The molecule has 0 aliphatic heterocycles. The molecule has 0 saturated heterocycles. The van der Waals surface area contributed by atoms with Crippen LogP contribution in [-0.2, 0) is 5.41 Å². The Labute approximate surface area is 308 Å². The summed E-state index contributed by atoms with van der Waals surface area (Å²) in [5.74, 6) is 0.998. The highest BCUT2D eigenvalue weighted by Gasteiger charge is 2.55. The van der Waals surface area contributed by atoms with Crippen molar-refractivity contribution in [1.29, 1.82) is 0 Å². The Morgan fingerprint density at radius 1 is 0.358 bits per heavy atom. The van der Waals surface area contributed by atoms with E-state index < -0.39 is 5.41 Å². The van der Waals surface area contributed by atoms with Crippen LogP contribution in [-0.4, -0.2) is 0 Å². The molecule has 11 rings (SSSR count). The molecule has 53 heavy (non-hydrogen) atoms. The number of furan rings is 1. The molecule has 0 fully saturated rings. The first-order valence-electron chi connectivity index (χ1n) is 18.3. The van der Waals surface area contributed by atoms with Crippen LogP contribution in [0.1, 0.15) is 22.5 Å². The first-order valence-corrected chi connectivity index (χ1v) is 18.3. The van der Waals surface area contributed by atoms with Gasteiger partial charge in [-0.05, 0) is 86.5 Å². The molecule has 9 aromatic rings. The van der Waals surface area contributed by atoms with Gasteiger partial charge in [0, 0.05) is 27.9 Å². The SMILES string of the molecule is c1ccc(-c2ccc(N(c3ccc(-c4ccccc4)cc3)c3cccc4c3-c3c(oc5ccccc35)C43c4ccccc4-c4ccccc43)cc2)cc1. The fraction of sp³-hybridized carbons (Fsp3) is 0.0196. The van der Waals surface area contributed by atoms with Gasteiger partial charge < -0.3 is 9.32 Å². The molecule has 0 saturated carbocycles. The predicted octanol–water partition coefficient (Wildman–Crippen LogP) is 13.6. The van der Waals surface area contributed by atoms with Crippen LogP contribution >= 0.6 is 0 Å². The third-order valence-corrected chi connectivity index (χ3v) is 11.3. The van der Waals surface area contributed by atoms with Crippen molar-refractivity contribution >= 4 is 28.0 Å². The van der Waals surface area contributed by atoms with Gasteiger partial charge in [0.15, 0.2) is 0 Å². The normalized spacial score (nSPS) is 13.1. The Balaban J connectivity index is 1.19. The Morgan fingerprint density at radius 2 is 0.830 bits per heavy atom. The van der Waals surface area contributed by atoms with Gasteiger partial charge in [-0.25, -0.2) is 0 Å². The molecular formula is C51H33NO. The molecule has 1 aromatic heterocycles. The Hall–Kier alpha value is -6.90. The van der Waals surface area contributed by atoms with Crippen LogP contribution in [0.4, 0.5) is 17.1 Å². The minimum absolute atomic E-state index is 0.590. The smallest absolute Gasteiger partial charge is 0.135 e. The van der Waals surface area contributed by atoms with Gasteiger partial charge in [-0.2, -0.15) is 0 Å². The monoisotopic (exact) mass is 675 g/mol. The zero-order valence-corrected chi connectivity index (χ0v) is 28.9. The largest absolute Gasteiger partial charge is 0.459 e. The molecule has 0 amide bonds. The van der Waals surface area contributed by atoms with Gasteiger partial charge in [0.05, 0.1) is 5.69 Å². The summed E-state index contributed by atoms with van der Waals surface area (Å²) in [5.41, 5.74) is 17.1.